The molecule has 0 bridgehead atoms. The molecule has 1 heterocycles. The van der Waals surface area contributed by atoms with Gasteiger partial charge in [0.15, 0.2) is 0 Å². The van der Waals surface area contributed by atoms with Crippen molar-refractivity contribution in [3.05, 3.63) is 47.3 Å². The highest BCUT2D eigenvalue weighted by Crippen LogP contribution is 2.31. The van der Waals surface area contributed by atoms with Gasteiger partial charge < -0.3 is 5.73 Å². The van der Waals surface area contributed by atoms with E-state index in [-0.39, 0.29) is 0 Å². The van der Waals surface area contributed by atoms with Crippen molar-refractivity contribution in [2.75, 3.05) is 5.73 Å². The highest BCUT2D eigenvalue weighted by atomic mass is 14.7. The Morgan fingerprint density at radius 3 is 2.48 bits per heavy atom. The van der Waals surface area contributed by atoms with E-state index >= 15 is 0 Å². The molecular weight excluding hydrogens is 282 g/mol. The quantitative estimate of drug-likeness (QED) is 0.746. The summed E-state index contributed by atoms with van der Waals surface area (Å²) in [6, 6.07) is 10.1. The number of hydrogen-bond donors (Lipinski definition) is 1. The molecule has 0 aliphatic rings. The largest absolute Gasteiger partial charge is 0.399 e. The Balaban J connectivity index is 2.47. The fraction of sp³-hybridized carbons (Fsp3) is 0.400. The number of nitrogens with two attached hydrogens (primary N) is 1. The van der Waals surface area contributed by atoms with Gasteiger partial charge in [0.1, 0.15) is 6.07 Å². The van der Waals surface area contributed by atoms with Gasteiger partial charge in [-0.1, -0.05) is 32.8 Å². The predicted octanol–water partition coefficient (Wildman–Crippen LogP) is 5.19. The van der Waals surface area contributed by atoms with Crippen LogP contribution in [0.1, 0.15) is 62.3 Å². The summed E-state index contributed by atoms with van der Waals surface area (Å²) in [4.78, 5) is 4.67. The van der Waals surface area contributed by atoms with E-state index in [1.54, 1.807) is 0 Å². The Morgan fingerprint density at radius 2 is 1.87 bits per heavy atom. The van der Waals surface area contributed by atoms with Crippen LogP contribution in [-0.2, 0) is 0 Å². The molecule has 120 valence electrons. The molecule has 2 N–H and O–H groups in total. The molecule has 1 aromatic carbocycles. The minimum atomic E-state index is 0.371. The van der Waals surface area contributed by atoms with Crippen LogP contribution in [0.2, 0.25) is 0 Å². The molecule has 0 amide bonds. The first-order chi connectivity index (χ1) is 11.1. The molecule has 0 saturated heterocycles. The van der Waals surface area contributed by atoms with E-state index in [0.29, 0.717) is 11.5 Å². The topological polar surface area (TPSA) is 62.7 Å². The highest BCUT2D eigenvalue weighted by Gasteiger charge is 2.17. The van der Waals surface area contributed by atoms with Gasteiger partial charge in [-0.3, -0.25) is 4.98 Å². The van der Waals surface area contributed by atoms with Crippen LogP contribution in [0, 0.1) is 18.3 Å². The van der Waals surface area contributed by atoms with Crippen LogP contribution in [0.4, 0.5) is 5.69 Å². The lowest BCUT2D eigenvalue weighted by Gasteiger charge is -2.17. The van der Waals surface area contributed by atoms with E-state index in [1.807, 2.05) is 37.4 Å². The van der Waals surface area contributed by atoms with Crippen molar-refractivity contribution in [3.63, 3.8) is 0 Å². The first-order valence-corrected chi connectivity index (χ1v) is 8.37. The molecule has 0 unspecified atom stereocenters. The Bertz CT molecular complexity index is 707. The first kappa shape index (κ1) is 17.0. The molecule has 0 radical (unpaired) electrons. The van der Waals surface area contributed by atoms with Crippen LogP contribution in [0.25, 0.3) is 11.1 Å². The number of pyridine rings is 1. The molecule has 0 saturated carbocycles. The third kappa shape index (κ3) is 3.90. The standard InChI is InChI=1S/C20H25N3/c1-4-6-15(7-5-2)20-16(12-21)10-17(13-23-20)19-11-18(22)9-8-14(19)3/h8-11,13,15H,4-7,22H2,1-3H3. The number of aromatic nitrogens is 1. The Hall–Kier alpha value is -2.34. The second-order valence-corrected chi connectivity index (χ2v) is 6.12. The molecule has 2 rings (SSSR count). The molecule has 3 nitrogen and oxygen atoms in total. The Labute approximate surface area is 139 Å². The zero-order chi connectivity index (χ0) is 16.8. The maximum absolute atomic E-state index is 9.58. The van der Waals surface area contributed by atoms with Crippen LogP contribution in [0.3, 0.4) is 0 Å². The predicted molar refractivity (Wildman–Crippen MR) is 96.1 cm³/mol. The molecule has 2 aromatic rings. The molecule has 1 aromatic heterocycles. The van der Waals surface area contributed by atoms with Crippen LogP contribution < -0.4 is 5.73 Å². The van der Waals surface area contributed by atoms with Crippen LogP contribution in [0.15, 0.2) is 30.5 Å². The number of nitrogen functional groups attached to an aromatic ring is 1. The van der Waals surface area contributed by atoms with E-state index in [9.17, 15) is 5.26 Å². The smallest absolute Gasteiger partial charge is 0.101 e. The monoisotopic (exact) mass is 307 g/mol. The van der Waals surface area contributed by atoms with Crippen molar-refractivity contribution < 1.29 is 0 Å². The lowest BCUT2D eigenvalue weighted by molar-refractivity contribution is 0.547. The van der Waals surface area contributed by atoms with E-state index in [4.69, 9.17) is 5.73 Å². The summed E-state index contributed by atoms with van der Waals surface area (Å²) in [5, 5.41) is 9.58. The van der Waals surface area contributed by atoms with Gasteiger partial charge in [-0.2, -0.15) is 5.26 Å². The van der Waals surface area contributed by atoms with E-state index in [2.05, 4.69) is 24.9 Å². The molecule has 0 fully saturated rings. The minimum absolute atomic E-state index is 0.371. The average molecular weight is 307 g/mol. The maximum Gasteiger partial charge on any atom is 0.101 e. The van der Waals surface area contributed by atoms with Crippen molar-refractivity contribution in [3.8, 4) is 17.2 Å². The molecule has 3 heteroatoms. The van der Waals surface area contributed by atoms with Crippen LogP contribution >= 0.6 is 0 Å². The summed E-state index contributed by atoms with van der Waals surface area (Å²) in [6.45, 7) is 6.41. The Morgan fingerprint density at radius 1 is 1.17 bits per heavy atom. The molecule has 0 spiro atoms. The van der Waals surface area contributed by atoms with Crippen LogP contribution in [-0.4, -0.2) is 4.98 Å². The number of nitrogens with zero attached hydrogens (tertiary/aromatic N) is 2. The van der Waals surface area contributed by atoms with E-state index < -0.39 is 0 Å². The number of aryl methyl sites for hydroxylation is 1. The molecular formula is C20H25N3. The summed E-state index contributed by atoms with van der Waals surface area (Å²) in [5.74, 6) is 0.371. The van der Waals surface area contributed by atoms with Crippen molar-refractivity contribution in [2.24, 2.45) is 0 Å². The molecule has 0 aliphatic carbocycles. The number of benzene rings is 1. The van der Waals surface area contributed by atoms with E-state index in [0.717, 1.165) is 53.8 Å². The number of rotatable bonds is 6. The van der Waals surface area contributed by atoms with Gasteiger partial charge in [-0.15, -0.1) is 0 Å². The lowest BCUT2D eigenvalue weighted by atomic mass is 9.90. The minimum Gasteiger partial charge on any atom is -0.399 e. The number of nitriles is 1. The van der Waals surface area contributed by atoms with Crippen LogP contribution in [0.5, 0.6) is 0 Å². The number of hydrogen-bond acceptors (Lipinski definition) is 3. The third-order valence-corrected chi connectivity index (χ3v) is 4.27. The van der Waals surface area contributed by atoms with Gasteiger partial charge in [0, 0.05) is 23.4 Å². The van der Waals surface area contributed by atoms with Gasteiger partial charge in [0.25, 0.3) is 0 Å². The molecule has 0 atom stereocenters. The van der Waals surface area contributed by atoms with Crippen molar-refractivity contribution in [2.45, 2.75) is 52.4 Å². The second-order valence-electron chi connectivity index (χ2n) is 6.12. The van der Waals surface area contributed by atoms with Gasteiger partial charge in [0.05, 0.1) is 11.3 Å². The highest BCUT2D eigenvalue weighted by molar-refractivity contribution is 5.71. The van der Waals surface area contributed by atoms with Crippen molar-refractivity contribution >= 4 is 5.69 Å². The second kappa shape index (κ2) is 7.78. The van der Waals surface area contributed by atoms with Gasteiger partial charge in [0.2, 0.25) is 0 Å². The summed E-state index contributed by atoms with van der Waals surface area (Å²) in [5.41, 5.74) is 11.4. The van der Waals surface area contributed by atoms with Gasteiger partial charge >= 0.3 is 0 Å². The van der Waals surface area contributed by atoms with E-state index in [1.165, 1.54) is 0 Å². The SMILES string of the molecule is CCCC(CCC)c1ncc(-c2cc(N)ccc2C)cc1C#N. The number of anilines is 1. The van der Waals surface area contributed by atoms with Gasteiger partial charge in [-0.25, -0.2) is 0 Å². The average Bonchev–Trinajstić information content (AvgIpc) is 2.56. The summed E-state index contributed by atoms with van der Waals surface area (Å²) in [6.07, 6.45) is 6.25. The molecule has 23 heavy (non-hydrogen) atoms. The normalized spacial score (nSPS) is 10.7. The Kier molecular flexibility index (Phi) is 5.76. The lowest BCUT2D eigenvalue weighted by Crippen LogP contribution is -2.05. The maximum atomic E-state index is 9.58. The van der Waals surface area contributed by atoms with Gasteiger partial charge in [-0.05, 0) is 49.1 Å². The fourth-order valence-corrected chi connectivity index (χ4v) is 3.10. The zero-order valence-electron chi connectivity index (χ0n) is 14.3. The summed E-state index contributed by atoms with van der Waals surface area (Å²) >= 11 is 0. The van der Waals surface area contributed by atoms with Crippen molar-refractivity contribution in [1.29, 1.82) is 5.26 Å². The first-order valence-electron chi connectivity index (χ1n) is 8.37. The third-order valence-electron chi connectivity index (χ3n) is 4.27. The summed E-state index contributed by atoms with van der Waals surface area (Å²) < 4.78 is 0. The fourth-order valence-electron chi connectivity index (χ4n) is 3.10. The molecule has 0 aliphatic heterocycles. The van der Waals surface area contributed by atoms with Crippen molar-refractivity contribution in [1.82, 2.24) is 4.98 Å². The zero-order valence-corrected chi connectivity index (χ0v) is 14.3. The summed E-state index contributed by atoms with van der Waals surface area (Å²) in [7, 11) is 0.